The Morgan fingerprint density at radius 1 is 1.11 bits per heavy atom. The van der Waals surface area contributed by atoms with E-state index in [-0.39, 0.29) is 0 Å². The van der Waals surface area contributed by atoms with Crippen LogP contribution in [0, 0.1) is 0 Å². The van der Waals surface area contributed by atoms with Crippen molar-refractivity contribution >= 4 is 27.3 Å². The van der Waals surface area contributed by atoms with E-state index in [1.54, 1.807) is 0 Å². The molecule has 0 spiro atoms. The van der Waals surface area contributed by atoms with Gasteiger partial charge < -0.3 is 10.2 Å². The lowest BCUT2D eigenvalue weighted by atomic mass is 10.1. The molecule has 3 heteroatoms. The van der Waals surface area contributed by atoms with Crippen LogP contribution >= 0.6 is 15.9 Å². The lowest BCUT2D eigenvalue weighted by Gasteiger charge is -2.25. The smallest absolute Gasteiger partial charge is 0.0467 e. The van der Waals surface area contributed by atoms with Crippen molar-refractivity contribution in [3.05, 3.63) is 58.6 Å². The lowest BCUT2D eigenvalue weighted by molar-refractivity contribution is 0.652. The summed E-state index contributed by atoms with van der Waals surface area (Å²) in [5.74, 6) is 0. The van der Waals surface area contributed by atoms with Crippen molar-refractivity contribution in [1.82, 2.24) is 5.32 Å². The fraction of sp³-hybridized carbons (Fsp3) is 0.250. The van der Waals surface area contributed by atoms with Gasteiger partial charge in [0.25, 0.3) is 0 Å². The van der Waals surface area contributed by atoms with E-state index in [9.17, 15) is 0 Å². The Balaban J connectivity index is 2.45. The molecule has 1 N–H and O–H groups in total. The van der Waals surface area contributed by atoms with Crippen molar-refractivity contribution in [1.29, 1.82) is 0 Å². The van der Waals surface area contributed by atoms with Crippen LogP contribution < -0.4 is 10.2 Å². The molecule has 0 aromatic heterocycles. The average Bonchev–Trinajstić information content (AvgIpc) is 2.46. The molecule has 1 unspecified atom stereocenters. The van der Waals surface area contributed by atoms with E-state index in [1.165, 1.54) is 16.9 Å². The Labute approximate surface area is 123 Å². The normalized spacial score (nSPS) is 12.2. The molecule has 0 radical (unpaired) electrons. The third-order valence-corrected chi connectivity index (χ3v) is 3.89. The predicted molar refractivity (Wildman–Crippen MR) is 86.1 cm³/mol. The molecular weight excluding hydrogens is 300 g/mol. The first-order valence-electron chi connectivity index (χ1n) is 6.39. The molecule has 2 aromatic rings. The summed E-state index contributed by atoms with van der Waals surface area (Å²) in [7, 11) is 4.09. The predicted octanol–water partition coefficient (Wildman–Crippen LogP) is 4.50. The Morgan fingerprint density at radius 3 is 2.42 bits per heavy atom. The van der Waals surface area contributed by atoms with Gasteiger partial charge in [-0.15, -0.1) is 0 Å². The second kappa shape index (κ2) is 6.22. The molecule has 0 heterocycles. The van der Waals surface area contributed by atoms with Crippen molar-refractivity contribution in [3.8, 4) is 0 Å². The first-order chi connectivity index (χ1) is 9.13. The van der Waals surface area contributed by atoms with Crippen LogP contribution in [0.25, 0.3) is 0 Å². The maximum atomic E-state index is 3.56. The van der Waals surface area contributed by atoms with Gasteiger partial charge in [0.05, 0.1) is 0 Å². The zero-order valence-corrected chi connectivity index (χ0v) is 13.1. The Kier molecular flexibility index (Phi) is 4.61. The number of nitrogens with one attached hydrogen (secondary N) is 1. The summed E-state index contributed by atoms with van der Waals surface area (Å²) in [6.45, 7) is 2.17. The lowest BCUT2D eigenvalue weighted by Crippen LogP contribution is -2.18. The van der Waals surface area contributed by atoms with Gasteiger partial charge in [-0.25, -0.2) is 0 Å². The summed E-state index contributed by atoms with van der Waals surface area (Å²) in [6, 6.07) is 17.1. The molecule has 2 aromatic carbocycles. The highest BCUT2D eigenvalue weighted by molar-refractivity contribution is 9.10. The van der Waals surface area contributed by atoms with Crippen LogP contribution in [-0.2, 0) is 0 Å². The highest BCUT2D eigenvalue weighted by atomic mass is 79.9. The molecule has 0 saturated carbocycles. The molecule has 0 aliphatic heterocycles. The Morgan fingerprint density at radius 2 is 1.79 bits per heavy atom. The number of hydrogen-bond donors (Lipinski definition) is 1. The maximum Gasteiger partial charge on any atom is 0.0467 e. The van der Waals surface area contributed by atoms with E-state index >= 15 is 0 Å². The number of hydrogen-bond acceptors (Lipinski definition) is 2. The Bertz CT molecular complexity index is 540. The highest BCUT2D eigenvalue weighted by Gasteiger charge is 2.13. The summed E-state index contributed by atoms with van der Waals surface area (Å²) in [6.07, 6.45) is 0. The van der Waals surface area contributed by atoms with Crippen molar-refractivity contribution in [2.24, 2.45) is 0 Å². The average molecular weight is 319 g/mol. The second-order valence-corrected chi connectivity index (χ2v) is 5.52. The molecule has 0 amide bonds. The van der Waals surface area contributed by atoms with Crippen molar-refractivity contribution in [3.63, 3.8) is 0 Å². The number of anilines is 2. The largest absolute Gasteiger partial charge is 0.344 e. The number of halogens is 1. The molecule has 2 rings (SSSR count). The van der Waals surface area contributed by atoms with Gasteiger partial charge in [0.15, 0.2) is 0 Å². The van der Waals surface area contributed by atoms with E-state index in [0.717, 1.165) is 4.47 Å². The number of benzene rings is 2. The molecule has 0 aliphatic carbocycles. The van der Waals surface area contributed by atoms with Crippen molar-refractivity contribution in [2.45, 2.75) is 13.0 Å². The van der Waals surface area contributed by atoms with E-state index in [1.807, 2.05) is 13.1 Å². The van der Waals surface area contributed by atoms with Gasteiger partial charge in [0.1, 0.15) is 0 Å². The van der Waals surface area contributed by atoms with Gasteiger partial charge >= 0.3 is 0 Å². The first-order valence-corrected chi connectivity index (χ1v) is 7.18. The quantitative estimate of drug-likeness (QED) is 0.893. The van der Waals surface area contributed by atoms with Crippen LogP contribution in [0.15, 0.2) is 53.0 Å². The van der Waals surface area contributed by atoms with E-state index in [4.69, 9.17) is 0 Å². The Hall–Kier alpha value is -1.32. The molecule has 0 aliphatic rings. The van der Waals surface area contributed by atoms with Crippen LogP contribution in [0.3, 0.4) is 0 Å². The monoisotopic (exact) mass is 318 g/mol. The third kappa shape index (κ3) is 3.17. The van der Waals surface area contributed by atoms with Crippen LogP contribution in [0.2, 0.25) is 0 Å². The first kappa shape index (κ1) is 14.1. The van der Waals surface area contributed by atoms with Crippen molar-refractivity contribution < 1.29 is 0 Å². The molecule has 1 atom stereocenters. The number of rotatable bonds is 4. The third-order valence-electron chi connectivity index (χ3n) is 3.40. The van der Waals surface area contributed by atoms with Gasteiger partial charge in [-0.1, -0.05) is 40.2 Å². The SMILES string of the molecule is CNC(C)c1ccc(Br)cc1N(C)c1ccccc1. The number of para-hydroxylation sites is 1. The van der Waals surface area contributed by atoms with E-state index in [0.29, 0.717) is 6.04 Å². The van der Waals surface area contributed by atoms with Gasteiger partial charge in [-0.3, -0.25) is 0 Å². The molecule has 0 fully saturated rings. The molecule has 100 valence electrons. The summed E-state index contributed by atoms with van der Waals surface area (Å²) in [5.41, 5.74) is 3.68. The van der Waals surface area contributed by atoms with Crippen LogP contribution in [0.5, 0.6) is 0 Å². The summed E-state index contributed by atoms with van der Waals surface area (Å²) >= 11 is 3.56. The fourth-order valence-corrected chi connectivity index (χ4v) is 2.47. The molecule has 2 nitrogen and oxygen atoms in total. The summed E-state index contributed by atoms with van der Waals surface area (Å²) in [4.78, 5) is 2.22. The highest BCUT2D eigenvalue weighted by Crippen LogP contribution is 2.33. The van der Waals surface area contributed by atoms with Crippen LogP contribution in [0.4, 0.5) is 11.4 Å². The number of nitrogens with zero attached hydrogens (tertiary/aromatic N) is 1. The molecule has 19 heavy (non-hydrogen) atoms. The van der Waals surface area contributed by atoms with Gasteiger partial charge in [0.2, 0.25) is 0 Å². The van der Waals surface area contributed by atoms with E-state index in [2.05, 4.69) is 82.6 Å². The topological polar surface area (TPSA) is 15.3 Å². The summed E-state index contributed by atoms with van der Waals surface area (Å²) in [5, 5.41) is 3.31. The molecule has 0 bridgehead atoms. The van der Waals surface area contributed by atoms with Crippen LogP contribution in [-0.4, -0.2) is 14.1 Å². The van der Waals surface area contributed by atoms with Crippen LogP contribution in [0.1, 0.15) is 18.5 Å². The van der Waals surface area contributed by atoms with Crippen molar-refractivity contribution in [2.75, 3.05) is 19.0 Å². The minimum absolute atomic E-state index is 0.314. The minimum atomic E-state index is 0.314. The van der Waals surface area contributed by atoms with Gasteiger partial charge in [-0.2, -0.15) is 0 Å². The van der Waals surface area contributed by atoms with Gasteiger partial charge in [0, 0.05) is 28.9 Å². The summed E-state index contributed by atoms with van der Waals surface area (Å²) < 4.78 is 1.09. The zero-order chi connectivity index (χ0) is 13.8. The molecule has 0 saturated heterocycles. The molecular formula is C16H19BrN2. The standard InChI is InChI=1S/C16H19BrN2/c1-12(18-2)15-10-9-13(17)11-16(15)19(3)14-7-5-4-6-8-14/h4-12,18H,1-3H3. The second-order valence-electron chi connectivity index (χ2n) is 4.61. The fourth-order valence-electron chi connectivity index (χ4n) is 2.12. The maximum absolute atomic E-state index is 3.56. The van der Waals surface area contributed by atoms with Gasteiger partial charge in [-0.05, 0) is 43.8 Å². The minimum Gasteiger partial charge on any atom is -0.344 e. The van der Waals surface area contributed by atoms with E-state index < -0.39 is 0 Å². The zero-order valence-electron chi connectivity index (χ0n) is 11.5.